The molecule has 0 amide bonds. The number of alkyl halides is 4. The summed E-state index contributed by atoms with van der Waals surface area (Å²) in [6, 6.07) is 2.06. The number of halogens is 4. The Labute approximate surface area is 130 Å². The zero-order valence-electron chi connectivity index (χ0n) is 12.0. The van der Waals surface area contributed by atoms with Gasteiger partial charge in [0.05, 0.1) is 4.90 Å². The van der Waals surface area contributed by atoms with Gasteiger partial charge in [0.1, 0.15) is 24.1 Å². The molecule has 0 heterocycles. The lowest BCUT2D eigenvalue weighted by atomic mass is 9.93. The molecule has 1 N–H and O–H groups in total. The van der Waals surface area contributed by atoms with Gasteiger partial charge in [-0.3, -0.25) is 0 Å². The van der Waals surface area contributed by atoms with Crippen LogP contribution in [0.25, 0.3) is 0 Å². The summed E-state index contributed by atoms with van der Waals surface area (Å²) in [6.45, 7) is 0. The van der Waals surface area contributed by atoms with Gasteiger partial charge in [0.2, 0.25) is 0 Å². The molecule has 4 nitrogen and oxygen atoms in total. The fraction of sp³-hybridized carbons (Fsp3) is 0.571. The number of aliphatic hydroxyl groups is 1. The van der Waals surface area contributed by atoms with Crippen LogP contribution in [-0.4, -0.2) is 38.0 Å². The summed E-state index contributed by atoms with van der Waals surface area (Å²) in [7, 11) is -3.96. The zero-order chi connectivity index (χ0) is 17.2. The first-order chi connectivity index (χ1) is 10.5. The molecule has 0 radical (unpaired) electrons. The molecule has 9 heteroatoms. The molecular weight excluding hydrogens is 340 g/mol. The number of fused-ring (bicyclic) bond motifs is 1. The lowest BCUT2D eigenvalue weighted by Crippen LogP contribution is -2.35. The fourth-order valence-corrected chi connectivity index (χ4v) is 3.80. The van der Waals surface area contributed by atoms with Gasteiger partial charge < -0.3 is 9.84 Å². The molecule has 1 aromatic carbocycles. The van der Waals surface area contributed by atoms with Crippen molar-refractivity contribution in [3.8, 4) is 5.75 Å². The molecule has 23 heavy (non-hydrogen) atoms. The van der Waals surface area contributed by atoms with Crippen molar-refractivity contribution in [3.63, 3.8) is 0 Å². The molecule has 2 atom stereocenters. The molecule has 0 spiro atoms. The van der Waals surface area contributed by atoms with E-state index in [2.05, 4.69) is 0 Å². The van der Waals surface area contributed by atoms with Gasteiger partial charge in [0, 0.05) is 30.2 Å². The van der Waals surface area contributed by atoms with Gasteiger partial charge in [0.25, 0.3) is 0 Å². The first kappa shape index (κ1) is 16.5. The Hall–Kier alpha value is -1.35. The Morgan fingerprint density at radius 1 is 1.22 bits per heavy atom. The third-order valence-electron chi connectivity index (χ3n) is 4.17. The van der Waals surface area contributed by atoms with Gasteiger partial charge in [0.15, 0.2) is 16.0 Å². The van der Waals surface area contributed by atoms with Crippen molar-refractivity contribution in [1.29, 1.82) is 0 Å². The molecule has 3 rings (SSSR count). The molecule has 0 bridgehead atoms. The summed E-state index contributed by atoms with van der Waals surface area (Å²) in [6.07, 6.45) is -6.24. The Balaban J connectivity index is 2.12. The molecule has 1 unspecified atom stereocenters. The lowest BCUT2D eigenvalue weighted by Gasteiger charge is -2.31. The Bertz CT molecular complexity index is 743. The van der Waals surface area contributed by atoms with Crippen LogP contribution in [0.1, 0.15) is 36.2 Å². The van der Waals surface area contributed by atoms with E-state index in [1.807, 2.05) is 0 Å². The van der Waals surface area contributed by atoms with Gasteiger partial charge in [-0.2, -0.15) is 8.78 Å². The molecule has 0 aliphatic heterocycles. The largest absolute Gasteiger partial charge is 0.490 e. The molecule has 0 saturated heterocycles. The predicted octanol–water partition coefficient (Wildman–Crippen LogP) is 2.66. The van der Waals surface area contributed by atoms with Gasteiger partial charge >= 0.3 is 5.92 Å². The summed E-state index contributed by atoms with van der Waals surface area (Å²) < 4.78 is 83.4. The first-order valence-electron chi connectivity index (χ1n) is 6.91. The topological polar surface area (TPSA) is 63.6 Å². The summed E-state index contributed by atoms with van der Waals surface area (Å²) in [5, 5.41) is 9.73. The van der Waals surface area contributed by atoms with Crippen molar-refractivity contribution in [2.24, 2.45) is 0 Å². The molecule has 2 aliphatic carbocycles. The maximum atomic E-state index is 14.2. The average Bonchev–Trinajstić information content (AvgIpc) is 2.58. The van der Waals surface area contributed by atoms with Crippen molar-refractivity contribution in [2.45, 2.75) is 48.2 Å². The van der Waals surface area contributed by atoms with E-state index in [0.717, 1.165) is 18.4 Å². The minimum atomic E-state index is -4.16. The summed E-state index contributed by atoms with van der Waals surface area (Å²) in [5.41, 5.74) is -1.36. The van der Waals surface area contributed by atoms with Gasteiger partial charge in [-0.05, 0) is 12.1 Å². The number of aliphatic hydroxyl groups excluding tert-OH is 1. The third-order valence-corrected chi connectivity index (χ3v) is 5.32. The Kier molecular flexibility index (Phi) is 3.64. The standard InChI is InChI=1S/C14H14F4O4S/c1-23(20,21)9-3-2-8(22-7-4-6(15)5-7)10-11(9)13(19)14(17,18)12(10)16/h2-3,6-7,12-13,19H,4-5H2,1H3/t6-,7-,12?,13-/m0/s1. The number of benzene rings is 1. The van der Waals surface area contributed by atoms with Crippen LogP contribution >= 0.6 is 0 Å². The van der Waals surface area contributed by atoms with E-state index >= 15 is 0 Å². The van der Waals surface area contributed by atoms with Gasteiger partial charge in [-0.1, -0.05) is 0 Å². The van der Waals surface area contributed by atoms with E-state index in [1.165, 1.54) is 0 Å². The van der Waals surface area contributed by atoms with Crippen molar-refractivity contribution in [2.75, 3.05) is 6.26 Å². The molecule has 1 aromatic rings. The molecule has 1 fully saturated rings. The molecule has 0 aromatic heterocycles. The number of hydrogen-bond donors (Lipinski definition) is 1. The molecular formula is C14H14F4O4S. The maximum absolute atomic E-state index is 14.2. The second kappa shape index (κ2) is 5.07. The smallest absolute Gasteiger partial charge is 0.312 e. The predicted molar refractivity (Wildman–Crippen MR) is 71.9 cm³/mol. The van der Waals surface area contributed by atoms with Gasteiger partial charge in [-0.15, -0.1) is 0 Å². The number of sulfone groups is 1. The second-order valence-electron chi connectivity index (χ2n) is 5.91. The summed E-state index contributed by atoms with van der Waals surface area (Å²) in [5.74, 6) is -4.45. The summed E-state index contributed by atoms with van der Waals surface area (Å²) in [4.78, 5) is -0.566. The number of hydrogen-bond acceptors (Lipinski definition) is 4. The van der Waals surface area contributed by atoms with Crippen molar-refractivity contribution in [3.05, 3.63) is 23.3 Å². The monoisotopic (exact) mass is 354 g/mol. The average molecular weight is 354 g/mol. The SMILES string of the molecule is CS(=O)(=O)c1ccc(O[C@H]2C[C@H](F)C2)c2c1[C@H](O)C(F)(F)C2F. The second-order valence-corrected chi connectivity index (χ2v) is 7.89. The van der Waals surface area contributed by atoms with E-state index in [4.69, 9.17) is 4.74 Å². The summed E-state index contributed by atoms with van der Waals surface area (Å²) >= 11 is 0. The highest BCUT2D eigenvalue weighted by atomic mass is 32.2. The Morgan fingerprint density at radius 3 is 2.35 bits per heavy atom. The van der Waals surface area contributed by atoms with E-state index in [-0.39, 0.29) is 18.6 Å². The van der Waals surface area contributed by atoms with Gasteiger partial charge in [-0.25, -0.2) is 17.2 Å². The minimum absolute atomic E-state index is 0.0541. The van der Waals surface area contributed by atoms with E-state index in [1.54, 1.807) is 0 Å². The molecule has 2 aliphatic rings. The van der Waals surface area contributed by atoms with Crippen molar-refractivity contribution in [1.82, 2.24) is 0 Å². The fourth-order valence-electron chi connectivity index (χ4n) is 2.87. The molecule has 128 valence electrons. The number of ether oxygens (including phenoxy) is 1. The highest BCUT2D eigenvalue weighted by Crippen LogP contribution is 2.57. The van der Waals surface area contributed by atoms with E-state index in [0.29, 0.717) is 0 Å². The van der Waals surface area contributed by atoms with Crippen molar-refractivity contribution >= 4 is 9.84 Å². The minimum Gasteiger partial charge on any atom is -0.490 e. The molecule has 1 saturated carbocycles. The lowest BCUT2D eigenvalue weighted by molar-refractivity contribution is -0.144. The van der Waals surface area contributed by atoms with Crippen LogP contribution in [-0.2, 0) is 9.84 Å². The highest BCUT2D eigenvalue weighted by Gasteiger charge is 2.59. The quantitative estimate of drug-likeness (QED) is 0.848. The van der Waals surface area contributed by atoms with Crippen molar-refractivity contribution < 1.29 is 35.8 Å². The maximum Gasteiger partial charge on any atom is 0.312 e. The highest BCUT2D eigenvalue weighted by molar-refractivity contribution is 7.90. The van der Waals surface area contributed by atoms with E-state index in [9.17, 15) is 31.1 Å². The van der Waals surface area contributed by atoms with Crippen LogP contribution in [0.3, 0.4) is 0 Å². The third kappa shape index (κ3) is 2.50. The normalized spacial score (nSPS) is 32.3. The number of rotatable bonds is 3. The van der Waals surface area contributed by atoms with Crippen LogP contribution in [0.15, 0.2) is 17.0 Å². The van der Waals surface area contributed by atoms with E-state index < -0.39 is 56.3 Å². The Morgan fingerprint density at radius 2 is 1.83 bits per heavy atom. The van der Waals surface area contributed by atoms with Crippen LogP contribution in [0, 0.1) is 0 Å². The first-order valence-corrected chi connectivity index (χ1v) is 8.80. The van der Waals surface area contributed by atoms with Crippen LogP contribution < -0.4 is 4.74 Å². The van der Waals surface area contributed by atoms with Crippen LogP contribution in [0.4, 0.5) is 17.6 Å². The zero-order valence-corrected chi connectivity index (χ0v) is 12.8. The van der Waals surface area contributed by atoms with Crippen LogP contribution in [0.5, 0.6) is 5.75 Å². The van der Waals surface area contributed by atoms with Crippen LogP contribution in [0.2, 0.25) is 0 Å².